The smallest absolute Gasteiger partial charge is 0.341 e. The lowest BCUT2D eigenvalue weighted by Gasteiger charge is -2.09. The van der Waals surface area contributed by atoms with Gasteiger partial charge in [0.05, 0.1) is 64.6 Å². The molecule has 6 heterocycles. The van der Waals surface area contributed by atoms with E-state index in [2.05, 4.69) is 44.0 Å². The van der Waals surface area contributed by atoms with Gasteiger partial charge in [0.1, 0.15) is 0 Å². The number of ether oxygens (including phenoxy) is 2. The number of halogens is 2. The van der Waals surface area contributed by atoms with Crippen molar-refractivity contribution in [1.29, 1.82) is 0 Å². The summed E-state index contributed by atoms with van der Waals surface area (Å²) in [4.78, 5) is 56.9. The molecule has 0 aliphatic rings. The molecule has 9 rings (SSSR count). The first-order chi connectivity index (χ1) is 30.2. The average Bonchev–Trinajstić information content (AvgIpc) is 4.03. The number of pyridine rings is 2. The summed E-state index contributed by atoms with van der Waals surface area (Å²) in [5.74, 6) is -0.101. The van der Waals surface area contributed by atoms with Gasteiger partial charge < -0.3 is 18.3 Å². The van der Waals surface area contributed by atoms with E-state index in [0.29, 0.717) is 65.3 Å². The molecule has 3 aromatic carbocycles. The van der Waals surface area contributed by atoms with E-state index in [1.807, 2.05) is 94.0 Å². The van der Waals surface area contributed by atoms with Gasteiger partial charge in [0, 0.05) is 54.7 Å². The molecule has 0 saturated heterocycles. The predicted molar refractivity (Wildman–Crippen MR) is 258 cm³/mol. The van der Waals surface area contributed by atoms with Crippen LogP contribution in [0.25, 0.3) is 32.8 Å². The fourth-order valence-electron chi connectivity index (χ4n) is 7.57. The van der Waals surface area contributed by atoms with Crippen molar-refractivity contribution in [2.24, 2.45) is 0 Å². The lowest BCUT2D eigenvalue weighted by molar-refractivity contribution is 0.0521. The molecule has 0 N–H and O–H groups in total. The number of thiophene rings is 2. The van der Waals surface area contributed by atoms with Gasteiger partial charge in [-0.1, -0.05) is 68.3 Å². The van der Waals surface area contributed by atoms with Crippen molar-refractivity contribution in [2.45, 2.75) is 33.8 Å². The Morgan fingerprint density at radius 3 is 1.32 bits per heavy atom. The molecule has 0 aliphatic heterocycles. The Morgan fingerprint density at radius 2 is 0.935 bits per heavy atom. The molecule has 9 aromatic rings. The third kappa shape index (κ3) is 7.75. The van der Waals surface area contributed by atoms with Gasteiger partial charge >= 0.3 is 11.9 Å². The molecule has 6 aromatic heterocycles. The molecule has 62 heavy (non-hydrogen) atoms. The van der Waals surface area contributed by atoms with E-state index in [-0.39, 0.29) is 24.8 Å². The molecule has 8 nitrogen and oxygen atoms in total. The zero-order valence-corrected chi connectivity index (χ0v) is 39.5. The van der Waals surface area contributed by atoms with Crippen molar-refractivity contribution in [2.75, 3.05) is 13.2 Å². The van der Waals surface area contributed by atoms with E-state index in [4.69, 9.17) is 9.47 Å². The second-order valence-electron chi connectivity index (χ2n) is 14.0. The van der Waals surface area contributed by atoms with E-state index < -0.39 is 11.9 Å². The fourth-order valence-corrected chi connectivity index (χ4v) is 13.2. The number of benzene rings is 3. The molecule has 0 atom stereocenters. The SMILES string of the molecule is CCOC(=O)c1c2c(C(=O)c3ccc(Br)cc3)sc(SCc3ccccc3CSc3sc(C(=O)c4ccc(Br)cc4)c4c(C(=O)OCC)c5ccccn5c34)c2n2ccccc12. The Kier molecular flexibility index (Phi) is 12.3. The number of hydrogen-bond donors (Lipinski definition) is 0. The normalized spacial score (nSPS) is 11.5. The molecule has 0 unspecified atom stereocenters. The van der Waals surface area contributed by atoms with E-state index in [1.54, 1.807) is 61.6 Å². The van der Waals surface area contributed by atoms with E-state index in [9.17, 15) is 19.2 Å². The maximum atomic E-state index is 14.3. The maximum Gasteiger partial charge on any atom is 0.341 e. The number of fused-ring (bicyclic) bond motifs is 6. The largest absolute Gasteiger partial charge is 0.462 e. The second kappa shape index (κ2) is 18.0. The van der Waals surface area contributed by atoms with Crippen molar-refractivity contribution < 1.29 is 28.7 Å². The van der Waals surface area contributed by atoms with Gasteiger partial charge in [-0.25, -0.2) is 9.59 Å². The van der Waals surface area contributed by atoms with Crippen LogP contribution in [0.4, 0.5) is 0 Å². The maximum absolute atomic E-state index is 14.3. The molecule has 0 amide bonds. The van der Waals surface area contributed by atoms with Crippen LogP contribution >= 0.6 is 78.1 Å². The van der Waals surface area contributed by atoms with Crippen molar-refractivity contribution in [1.82, 2.24) is 8.80 Å². The van der Waals surface area contributed by atoms with E-state index in [1.165, 1.54) is 22.7 Å². The summed E-state index contributed by atoms with van der Waals surface area (Å²) in [6.45, 7) is 3.95. The fraction of sp³-hybridized carbons (Fsp3) is 0.125. The number of carbonyl (C=O) groups excluding carboxylic acids is 4. The molecule has 0 spiro atoms. The number of nitrogens with zero attached hydrogens (tertiary/aromatic N) is 2. The third-order valence-electron chi connectivity index (χ3n) is 10.3. The summed E-state index contributed by atoms with van der Waals surface area (Å²) in [5.41, 5.74) is 6.96. The van der Waals surface area contributed by atoms with Gasteiger partial charge in [-0.2, -0.15) is 0 Å². The molecule has 0 saturated carbocycles. The Bertz CT molecular complexity index is 3000. The van der Waals surface area contributed by atoms with Crippen LogP contribution in [-0.4, -0.2) is 45.5 Å². The first kappa shape index (κ1) is 42.3. The van der Waals surface area contributed by atoms with Gasteiger partial charge in [0.15, 0.2) is 0 Å². The highest BCUT2D eigenvalue weighted by molar-refractivity contribution is 9.10. The third-order valence-corrected chi connectivity index (χ3v) is 16.4. The van der Waals surface area contributed by atoms with Crippen molar-refractivity contribution >= 4 is 134 Å². The molecule has 14 heteroatoms. The van der Waals surface area contributed by atoms with Gasteiger partial charge in [-0.3, -0.25) is 9.59 Å². The van der Waals surface area contributed by atoms with Crippen LogP contribution in [0.2, 0.25) is 0 Å². The summed E-state index contributed by atoms with van der Waals surface area (Å²) >= 11 is 13.0. The van der Waals surface area contributed by atoms with Crippen LogP contribution in [0.1, 0.15) is 76.2 Å². The quantitative estimate of drug-likeness (QED) is 0.0604. The number of hydrogen-bond acceptors (Lipinski definition) is 10. The monoisotopic (exact) mass is 1020 g/mol. The van der Waals surface area contributed by atoms with Gasteiger partial charge in [-0.05, 0) is 97.8 Å². The van der Waals surface area contributed by atoms with Crippen molar-refractivity contribution in [3.63, 3.8) is 0 Å². The van der Waals surface area contributed by atoms with Crippen molar-refractivity contribution in [3.05, 3.63) is 174 Å². The minimum atomic E-state index is -0.470. The van der Waals surface area contributed by atoms with E-state index >= 15 is 0 Å². The first-order valence-corrected chi connectivity index (χ1v) is 24.8. The topological polar surface area (TPSA) is 95.6 Å². The Hall–Kier alpha value is -4.96. The summed E-state index contributed by atoms with van der Waals surface area (Å²) in [6.07, 6.45) is 3.84. The number of carbonyl (C=O) groups is 4. The second-order valence-corrected chi connectivity index (χ2v) is 20.4. The van der Waals surface area contributed by atoms with Crippen LogP contribution < -0.4 is 0 Å². The highest BCUT2D eigenvalue weighted by Gasteiger charge is 2.31. The van der Waals surface area contributed by atoms with Crippen molar-refractivity contribution in [3.8, 4) is 0 Å². The first-order valence-electron chi connectivity index (χ1n) is 19.6. The van der Waals surface area contributed by atoms with Gasteiger partial charge in [0.25, 0.3) is 0 Å². The average molecular weight is 1020 g/mol. The molecule has 0 radical (unpaired) electrons. The van der Waals surface area contributed by atoms with Gasteiger partial charge in [-0.15, -0.1) is 46.2 Å². The Balaban J connectivity index is 1.10. The van der Waals surface area contributed by atoms with Crippen LogP contribution in [0.3, 0.4) is 0 Å². The predicted octanol–water partition coefficient (Wildman–Crippen LogP) is 13.5. The summed E-state index contributed by atoms with van der Waals surface area (Å²) in [7, 11) is 0. The summed E-state index contributed by atoms with van der Waals surface area (Å²) < 4.78 is 18.7. The number of rotatable bonds is 14. The number of ketones is 2. The van der Waals surface area contributed by atoms with Crippen LogP contribution in [-0.2, 0) is 21.0 Å². The van der Waals surface area contributed by atoms with Crippen LogP contribution in [0, 0.1) is 0 Å². The summed E-state index contributed by atoms with van der Waals surface area (Å²) in [6, 6.07) is 34.1. The number of aromatic nitrogens is 2. The molecule has 0 bridgehead atoms. The zero-order chi connectivity index (χ0) is 43.1. The standard InChI is InChI=1S/C48H34Br2N2O6S4/c1-3-57-45(55)35-33-13-7-9-23-51(33)39-37(35)43(41(53)27-15-19-31(49)20-16-27)61-47(39)59-25-29-11-5-6-12-30(29)26-60-48-40-38(44(62-48)42(54)28-17-21-32(50)22-18-28)36(46(56)58-4-2)34-14-8-10-24-52(34)40/h5-24H,3-4,25-26H2,1-2H3. The molecule has 0 aliphatic carbocycles. The molecule has 0 fully saturated rings. The Morgan fingerprint density at radius 1 is 0.548 bits per heavy atom. The molecular weight excluding hydrogens is 989 g/mol. The van der Waals surface area contributed by atoms with Gasteiger partial charge in [0.2, 0.25) is 11.6 Å². The minimum absolute atomic E-state index is 0.165. The highest BCUT2D eigenvalue weighted by Crippen LogP contribution is 2.47. The zero-order valence-electron chi connectivity index (χ0n) is 33.1. The number of esters is 2. The highest BCUT2D eigenvalue weighted by atomic mass is 79.9. The number of thioether (sulfide) groups is 2. The lowest BCUT2D eigenvalue weighted by Crippen LogP contribution is -2.06. The summed E-state index contributed by atoms with van der Waals surface area (Å²) in [5, 5.41) is 1.19. The van der Waals surface area contributed by atoms with Crippen LogP contribution in [0.15, 0.2) is 139 Å². The van der Waals surface area contributed by atoms with Crippen LogP contribution in [0.5, 0.6) is 0 Å². The molecular formula is C48H34Br2N2O6S4. The minimum Gasteiger partial charge on any atom is -0.462 e. The lowest BCUT2D eigenvalue weighted by atomic mass is 10.1. The van der Waals surface area contributed by atoms with E-state index in [0.717, 1.165) is 39.5 Å². The molecule has 310 valence electrons. The Labute approximate surface area is 389 Å².